The number of aliphatic carboxylic acids is 1. The lowest BCUT2D eigenvalue weighted by Gasteiger charge is -2.00. The second-order valence-corrected chi connectivity index (χ2v) is 2.31. The van der Waals surface area contributed by atoms with Crippen molar-refractivity contribution in [2.24, 2.45) is 10.4 Å². The Morgan fingerprint density at radius 2 is 2.00 bits per heavy atom. The molecule has 0 saturated carbocycles. The molecule has 0 aromatic heterocycles. The molecular formula is C6H10N2O4. The van der Waals surface area contributed by atoms with Crippen LogP contribution in [0.2, 0.25) is 0 Å². The van der Waals surface area contributed by atoms with E-state index in [9.17, 15) is 14.6 Å². The van der Waals surface area contributed by atoms with E-state index in [0.29, 0.717) is 12.8 Å². The molecule has 0 aromatic rings. The molecule has 0 saturated heterocycles. The Hall–Kier alpha value is -1.33. The summed E-state index contributed by atoms with van der Waals surface area (Å²) in [6.45, 7) is 0.158. The molecule has 0 radical (unpaired) electrons. The Balaban J connectivity index is 3.51. The standard InChI is InChI=1S/C6H10N2O4/c9-6(10)5(8-12)3-1-2-4-7-11/h5H,1-4H2,(H,9,10)/t5-/m0/s1. The molecule has 0 bridgehead atoms. The Labute approximate surface area is 68.9 Å². The third-order valence-electron chi connectivity index (χ3n) is 1.39. The highest BCUT2D eigenvalue weighted by Gasteiger charge is 2.16. The predicted octanol–water partition coefficient (Wildman–Crippen LogP) is 1.14. The van der Waals surface area contributed by atoms with Crippen molar-refractivity contribution in [2.45, 2.75) is 25.3 Å². The van der Waals surface area contributed by atoms with Crippen LogP contribution in [0, 0.1) is 9.81 Å². The first-order valence-corrected chi connectivity index (χ1v) is 3.56. The Morgan fingerprint density at radius 1 is 1.33 bits per heavy atom. The van der Waals surface area contributed by atoms with Crippen LogP contribution in [0.1, 0.15) is 19.3 Å². The Bertz CT molecular complexity index is 171. The number of hydrogen-bond donors (Lipinski definition) is 1. The van der Waals surface area contributed by atoms with E-state index in [1.165, 1.54) is 0 Å². The summed E-state index contributed by atoms with van der Waals surface area (Å²) in [5, 5.41) is 13.4. The molecule has 0 aliphatic rings. The van der Waals surface area contributed by atoms with Gasteiger partial charge in [0.2, 0.25) is 0 Å². The fourth-order valence-electron chi connectivity index (χ4n) is 0.735. The van der Waals surface area contributed by atoms with Crippen molar-refractivity contribution in [3.63, 3.8) is 0 Å². The van der Waals surface area contributed by atoms with Crippen LogP contribution in [0.4, 0.5) is 0 Å². The monoisotopic (exact) mass is 174 g/mol. The van der Waals surface area contributed by atoms with E-state index in [1.807, 2.05) is 0 Å². The molecule has 1 atom stereocenters. The molecule has 0 aliphatic carbocycles. The molecule has 6 nitrogen and oxygen atoms in total. The van der Waals surface area contributed by atoms with Crippen molar-refractivity contribution in [2.75, 3.05) is 6.54 Å². The van der Waals surface area contributed by atoms with Gasteiger partial charge in [0.15, 0.2) is 6.04 Å². The Morgan fingerprint density at radius 3 is 2.42 bits per heavy atom. The molecule has 0 spiro atoms. The SMILES string of the molecule is O=NCCCC[C@H](N=O)C(=O)O. The predicted molar refractivity (Wildman–Crippen MR) is 41.7 cm³/mol. The highest BCUT2D eigenvalue weighted by Crippen LogP contribution is 2.04. The van der Waals surface area contributed by atoms with E-state index in [-0.39, 0.29) is 13.0 Å². The highest BCUT2D eigenvalue weighted by atomic mass is 16.4. The second kappa shape index (κ2) is 6.38. The zero-order chi connectivity index (χ0) is 9.40. The molecule has 0 amide bonds. The maximum atomic E-state index is 10.2. The molecule has 0 aromatic carbocycles. The van der Waals surface area contributed by atoms with Gasteiger partial charge in [-0.2, -0.15) is 4.91 Å². The third kappa shape index (κ3) is 4.48. The summed E-state index contributed by atoms with van der Waals surface area (Å²) in [4.78, 5) is 29.7. The number of carbonyl (C=O) groups is 1. The van der Waals surface area contributed by atoms with Crippen LogP contribution in [-0.4, -0.2) is 23.7 Å². The molecule has 0 aliphatic heterocycles. The Kier molecular flexibility index (Phi) is 5.68. The molecule has 0 heterocycles. The van der Waals surface area contributed by atoms with Crippen LogP contribution in [0.15, 0.2) is 10.4 Å². The number of nitrogens with zero attached hydrogens (tertiary/aromatic N) is 2. The van der Waals surface area contributed by atoms with Gasteiger partial charge in [-0.25, -0.2) is 4.79 Å². The average Bonchev–Trinajstić information content (AvgIpc) is 2.04. The van der Waals surface area contributed by atoms with Gasteiger partial charge in [-0.15, -0.1) is 4.91 Å². The summed E-state index contributed by atoms with van der Waals surface area (Å²) in [5.41, 5.74) is 0. The molecule has 0 fully saturated rings. The van der Waals surface area contributed by atoms with Crippen molar-refractivity contribution in [1.82, 2.24) is 0 Å². The smallest absolute Gasteiger partial charge is 0.332 e. The molecule has 6 heteroatoms. The van der Waals surface area contributed by atoms with Gasteiger partial charge in [-0.05, 0) is 19.3 Å². The minimum absolute atomic E-state index is 0.158. The number of nitroso groups, excluding NO2 is 2. The van der Waals surface area contributed by atoms with Gasteiger partial charge in [-0.3, -0.25) is 0 Å². The van der Waals surface area contributed by atoms with E-state index in [2.05, 4.69) is 10.4 Å². The van der Waals surface area contributed by atoms with Crippen LogP contribution in [0.5, 0.6) is 0 Å². The summed E-state index contributed by atoms with van der Waals surface area (Å²) < 4.78 is 0. The highest BCUT2D eigenvalue weighted by molar-refractivity contribution is 5.73. The number of rotatable bonds is 7. The van der Waals surface area contributed by atoms with Gasteiger partial charge in [0.1, 0.15) is 0 Å². The molecule has 68 valence electrons. The largest absolute Gasteiger partial charge is 0.480 e. The lowest BCUT2D eigenvalue weighted by atomic mass is 10.1. The van der Waals surface area contributed by atoms with Crippen LogP contribution >= 0.6 is 0 Å². The summed E-state index contributed by atoms with van der Waals surface area (Å²) in [7, 11) is 0. The fraction of sp³-hybridized carbons (Fsp3) is 0.833. The molecule has 1 N–H and O–H groups in total. The van der Waals surface area contributed by atoms with Gasteiger partial charge in [0.25, 0.3) is 0 Å². The zero-order valence-corrected chi connectivity index (χ0v) is 6.47. The first kappa shape index (κ1) is 10.7. The van der Waals surface area contributed by atoms with Gasteiger partial charge >= 0.3 is 5.97 Å². The second-order valence-electron chi connectivity index (χ2n) is 2.31. The minimum atomic E-state index is -1.22. The van der Waals surface area contributed by atoms with Crippen LogP contribution in [0.25, 0.3) is 0 Å². The van der Waals surface area contributed by atoms with Crippen molar-refractivity contribution in [1.29, 1.82) is 0 Å². The van der Waals surface area contributed by atoms with Crippen LogP contribution in [0.3, 0.4) is 0 Å². The quantitative estimate of drug-likeness (QED) is 0.462. The van der Waals surface area contributed by atoms with Crippen molar-refractivity contribution in [3.8, 4) is 0 Å². The van der Waals surface area contributed by atoms with Gasteiger partial charge in [-0.1, -0.05) is 10.4 Å². The van der Waals surface area contributed by atoms with Crippen molar-refractivity contribution in [3.05, 3.63) is 9.81 Å². The molecule has 12 heavy (non-hydrogen) atoms. The first-order valence-electron chi connectivity index (χ1n) is 3.56. The van der Waals surface area contributed by atoms with E-state index in [0.717, 1.165) is 0 Å². The van der Waals surface area contributed by atoms with Gasteiger partial charge in [0, 0.05) is 0 Å². The van der Waals surface area contributed by atoms with Crippen molar-refractivity contribution < 1.29 is 9.90 Å². The van der Waals surface area contributed by atoms with Crippen LogP contribution in [-0.2, 0) is 4.79 Å². The lowest BCUT2D eigenvalue weighted by molar-refractivity contribution is -0.138. The normalized spacial score (nSPS) is 12.0. The van der Waals surface area contributed by atoms with Gasteiger partial charge in [0.05, 0.1) is 6.54 Å². The third-order valence-corrected chi connectivity index (χ3v) is 1.39. The summed E-state index contributed by atoms with van der Waals surface area (Å²) in [6.07, 6.45) is 1.16. The van der Waals surface area contributed by atoms with E-state index >= 15 is 0 Å². The summed E-state index contributed by atoms with van der Waals surface area (Å²) in [5.74, 6) is -1.22. The van der Waals surface area contributed by atoms with Crippen molar-refractivity contribution >= 4 is 5.97 Å². The van der Waals surface area contributed by atoms with E-state index < -0.39 is 12.0 Å². The number of carboxylic acid groups (broad SMARTS) is 1. The fourth-order valence-corrected chi connectivity index (χ4v) is 0.735. The maximum absolute atomic E-state index is 10.2. The van der Waals surface area contributed by atoms with Gasteiger partial charge < -0.3 is 5.11 Å². The minimum Gasteiger partial charge on any atom is -0.480 e. The molecule has 0 unspecified atom stereocenters. The average molecular weight is 174 g/mol. The zero-order valence-electron chi connectivity index (χ0n) is 6.47. The first-order chi connectivity index (χ1) is 5.72. The lowest BCUT2D eigenvalue weighted by Crippen LogP contribution is -2.16. The number of hydrogen-bond acceptors (Lipinski definition) is 5. The van der Waals surface area contributed by atoms with Crippen LogP contribution < -0.4 is 0 Å². The summed E-state index contributed by atoms with van der Waals surface area (Å²) >= 11 is 0. The number of carboxylic acids is 1. The maximum Gasteiger partial charge on any atom is 0.332 e. The van der Waals surface area contributed by atoms with E-state index in [4.69, 9.17) is 5.11 Å². The number of unbranched alkanes of at least 4 members (excludes halogenated alkanes) is 1. The van der Waals surface area contributed by atoms with E-state index in [1.54, 1.807) is 0 Å². The molecular weight excluding hydrogens is 164 g/mol. The molecule has 0 rings (SSSR count). The topological polar surface area (TPSA) is 96.2 Å². The summed E-state index contributed by atoms with van der Waals surface area (Å²) in [6, 6.07) is -1.18.